The SMILES string of the molecule is CCn1nc(C)c(Br)c1CC(Cc1cccs1)NC. The van der Waals surface area contributed by atoms with Crippen LogP contribution < -0.4 is 5.32 Å². The lowest BCUT2D eigenvalue weighted by Gasteiger charge is -2.16. The minimum atomic E-state index is 0.441. The number of halogens is 1. The first kappa shape index (κ1) is 14.8. The quantitative estimate of drug-likeness (QED) is 0.872. The second-order valence-corrected chi connectivity index (χ2v) is 6.46. The molecule has 1 N–H and O–H groups in total. The van der Waals surface area contributed by atoms with Crippen molar-refractivity contribution in [1.29, 1.82) is 0 Å². The monoisotopic (exact) mass is 341 g/mol. The minimum Gasteiger partial charge on any atom is -0.316 e. The molecule has 0 radical (unpaired) electrons. The van der Waals surface area contributed by atoms with Gasteiger partial charge in [0.05, 0.1) is 15.9 Å². The molecule has 1 unspecified atom stereocenters. The molecule has 0 aliphatic rings. The minimum absolute atomic E-state index is 0.441. The first-order chi connectivity index (χ1) is 9.15. The highest BCUT2D eigenvalue weighted by Crippen LogP contribution is 2.23. The van der Waals surface area contributed by atoms with Crippen molar-refractivity contribution < 1.29 is 0 Å². The van der Waals surface area contributed by atoms with Gasteiger partial charge in [-0.2, -0.15) is 5.10 Å². The Morgan fingerprint density at radius 2 is 2.26 bits per heavy atom. The maximum absolute atomic E-state index is 4.56. The van der Waals surface area contributed by atoms with Gasteiger partial charge in [0.1, 0.15) is 0 Å². The molecule has 3 nitrogen and oxygen atoms in total. The van der Waals surface area contributed by atoms with Crippen molar-refractivity contribution in [3.05, 3.63) is 38.3 Å². The van der Waals surface area contributed by atoms with Crippen LogP contribution in [0.15, 0.2) is 22.0 Å². The third-order valence-corrected chi connectivity index (χ3v) is 5.26. The Balaban J connectivity index is 2.14. The maximum atomic E-state index is 4.56. The fourth-order valence-corrected chi connectivity index (χ4v) is 3.48. The van der Waals surface area contributed by atoms with E-state index in [0.717, 1.165) is 29.6 Å². The summed E-state index contributed by atoms with van der Waals surface area (Å²) in [4.78, 5) is 1.43. The summed E-state index contributed by atoms with van der Waals surface area (Å²) in [5, 5.41) is 10.1. The number of hydrogen-bond donors (Lipinski definition) is 1. The molecule has 2 aromatic heterocycles. The molecular formula is C14H20BrN3S. The van der Waals surface area contributed by atoms with Crippen LogP contribution in [0.4, 0.5) is 0 Å². The van der Waals surface area contributed by atoms with Gasteiger partial charge in [-0.1, -0.05) is 6.07 Å². The molecular weight excluding hydrogens is 322 g/mol. The lowest BCUT2D eigenvalue weighted by Crippen LogP contribution is -2.30. The molecule has 0 bridgehead atoms. The van der Waals surface area contributed by atoms with Crippen molar-refractivity contribution in [2.24, 2.45) is 0 Å². The van der Waals surface area contributed by atoms with Crippen molar-refractivity contribution >= 4 is 27.3 Å². The number of thiophene rings is 1. The van der Waals surface area contributed by atoms with Gasteiger partial charge in [-0.3, -0.25) is 4.68 Å². The molecule has 1 atom stereocenters. The molecule has 19 heavy (non-hydrogen) atoms. The van der Waals surface area contributed by atoms with Gasteiger partial charge in [0, 0.05) is 23.9 Å². The lowest BCUT2D eigenvalue weighted by molar-refractivity contribution is 0.521. The molecule has 2 rings (SSSR count). The summed E-state index contributed by atoms with van der Waals surface area (Å²) >= 11 is 5.49. The normalized spacial score (nSPS) is 12.8. The number of hydrogen-bond acceptors (Lipinski definition) is 3. The molecule has 0 saturated carbocycles. The summed E-state index contributed by atoms with van der Waals surface area (Å²) in [6.45, 7) is 5.10. The van der Waals surface area contributed by atoms with Crippen LogP contribution in [0.1, 0.15) is 23.2 Å². The standard InChI is InChI=1S/C14H20BrN3S/c1-4-18-13(14(15)10(2)17-18)9-11(16-3)8-12-6-5-7-19-12/h5-7,11,16H,4,8-9H2,1-3H3. The van der Waals surface area contributed by atoms with Gasteiger partial charge in [0.25, 0.3) is 0 Å². The summed E-state index contributed by atoms with van der Waals surface area (Å²) in [5.41, 5.74) is 2.36. The van der Waals surface area contributed by atoms with Crippen LogP contribution in [-0.2, 0) is 19.4 Å². The van der Waals surface area contributed by atoms with Crippen LogP contribution in [0.25, 0.3) is 0 Å². The average molecular weight is 342 g/mol. The van der Waals surface area contributed by atoms with Gasteiger partial charge in [0.2, 0.25) is 0 Å². The molecule has 0 amide bonds. The Hall–Kier alpha value is -0.650. The summed E-state index contributed by atoms with van der Waals surface area (Å²) in [7, 11) is 2.03. The van der Waals surface area contributed by atoms with Crippen molar-refractivity contribution in [2.75, 3.05) is 7.05 Å². The molecule has 0 fully saturated rings. The van der Waals surface area contributed by atoms with E-state index >= 15 is 0 Å². The molecule has 2 aromatic rings. The molecule has 0 aromatic carbocycles. The zero-order chi connectivity index (χ0) is 13.8. The lowest BCUT2D eigenvalue weighted by atomic mass is 10.1. The maximum Gasteiger partial charge on any atom is 0.0738 e. The predicted octanol–water partition coefficient (Wildman–Crippen LogP) is 3.41. The first-order valence-corrected chi connectivity index (χ1v) is 8.24. The second-order valence-electron chi connectivity index (χ2n) is 4.64. The van der Waals surface area contributed by atoms with Gasteiger partial charge >= 0.3 is 0 Å². The fraction of sp³-hybridized carbons (Fsp3) is 0.500. The van der Waals surface area contributed by atoms with Crippen molar-refractivity contribution in [2.45, 2.75) is 39.3 Å². The Bertz CT molecular complexity index is 519. The van der Waals surface area contributed by atoms with E-state index in [-0.39, 0.29) is 0 Å². The van der Waals surface area contributed by atoms with Crippen molar-refractivity contribution in [3.63, 3.8) is 0 Å². The van der Waals surface area contributed by atoms with E-state index < -0.39 is 0 Å². The van der Waals surface area contributed by atoms with E-state index in [2.05, 4.69) is 55.5 Å². The zero-order valence-electron chi connectivity index (χ0n) is 11.6. The number of nitrogens with one attached hydrogen (secondary N) is 1. The Kier molecular flexibility index (Phi) is 5.19. The molecule has 2 heterocycles. The Labute approximate surface area is 127 Å². The smallest absolute Gasteiger partial charge is 0.0738 e. The second kappa shape index (κ2) is 6.68. The molecule has 0 aliphatic heterocycles. The highest BCUT2D eigenvalue weighted by atomic mass is 79.9. The number of nitrogens with zero attached hydrogens (tertiary/aromatic N) is 2. The van der Waals surface area contributed by atoms with Crippen LogP contribution in [0.3, 0.4) is 0 Å². The first-order valence-electron chi connectivity index (χ1n) is 6.57. The van der Waals surface area contributed by atoms with Crippen LogP contribution >= 0.6 is 27.3 Å². The Morgan fingerprint density at radius 1 is 1.47 bits per heavy atom. The molecule has 0 spiro atoms. The third-order valence-electron chi connectivity index (χ3n) is 3.33. The van der Waals surface area contributed by atoms with Crippen LogP contribution in [0, 0.1) is 6.92 Å². The summed E-state index contributed by atoms with van der Waals surface area (Å²) < 4.78 is 3.25. The predicted molar refractivity (Wildman–Crippen MR) is 84.9 cm³/mol. The average Bonchev–Trinajstić information content (AvgIpc) is 3.01. The van der Waals surface area contributed by atoms with Gasteiger partial charge in [-0.25, -0.2) is 0 Å². The molecule has 0 saturated heterocycles. The van der Waals surface area contributed by atoms with Gasteiger partial charge in [-0.05, 0) is 54.7 Å². The van der Waals surface area contributed by atoms with E-state index in [1.54, 1.807) is 0 Å². The molecule has 0 aliphatic carbocycles. The topological polar surface area (TPSA) is 29.9 Å². The fourth-order valence-electron chi connectivity index (χ4n) is 2.25. The van der Waals surface area contributed by atoms with Crippen LogP contribution in [0.5, 0.6) is 0 Å². The van der Waals surface area contributed by atoms with Gasteiger partial charge in [0.15, 0.2) is 0 Å². The van der Waals surface area contributed by atoms with Crippen molar-refractivity contribution in [1.82, 2.24) is 15.1 Å². The highest BCUT2D eigenvalue weighted by molar-refractivity contribution is 9.10. The van der Waals surface area contributed by atoms with Gasteiger partial charge in [-0.15, -0.1) is 11.3 Å². The summed E-state index contributed by atoms with van der Waals surface area (Å²) in [6.07, 6.45) is 2.05. The Morgan fingerprint density at radius 3 is 2.84 bits per heavy atom. The number of rotatable bonds is 6. The van der Waals surface area contributed by atoms with E-state index in [9.17, 15) is 0 Å². The number of aryl methyl sites for hydroxylation is 2. The largest absolute Gasteiger partial charge is 0.316 e. The molecule has 104 valence electrons. The summed E-state index contributed by atoms with van der Waals surface area (Å²) in [6, 6.07) is 4.76. The zero-order valence-corrected chi connectivity index (χ0v) is 14.0. The third kappa shape index (κ3) is 3.46. The van der Waals surface area contributed by atoms with E-state index in [1.807, 2.05) is 25.3 Å². The van der Waals surface area contributed by atoms with E-state index in [4.69, 9.17) is 0 Å². The van der Waals surface area contributed by atoms with Crippen LogP contribution in [0.2, 0.25) is 0 Å². The number of aromatic nitrogens is 2. The summed E-state index contributed by atoms with van der Waals surface area (Å²) in [5.74, 6) is 0. The van der Waals surface area contributed by atoms with Crippen molar-refractivity contribution in [3.8, 4) is 0 Å². The number of likely N-dealkylation sites (N-methyl/N-ethyl adjacent to an activating group) is 1. The molecule has 5 heteroatoms. The highest BCUT2D eigenvalue weighted by Gasteiger charge is 2.17. The van der Waals surface area contributed by atoms with E-state index in [1.165, 1.54) is 10.6 Å². The van der Waals surface area contributed by atoms with Crippen LogP contribution in [-0.4, -0.2) is 22.9 Å². The van der Waals surface area contributed by atoms with Gasteiger partial charge < -0.3 is 5.32 Å². The van der Waals surface area contributed by atoms with E-state index in [0.29, 0.717) is 6.04 Å².